The quantitative estimate of drug-likeness (QED) is 0.751. The second-order valence-electron chi connectivity index (χ2n) is 5.53. The van der Waals surface area contributed by atoms with E-state index in [9.17, 15) is 4.79 Å². The van der Waals surface area contributed by atoms with E-state index in [0.29, 0.717) is 17.9 Å². The van der Waals surface area contributed by atoms with Crippen LogP contribution in [-0.4, -0.2) is 18.0 Å². The van der Waals surface area contributed by atoms with Crippen LogP contribution >= 0.6 is 0 Å². The van der Waals surface area contributed by atoms with Crippen molar-refractivity contribution in [2.24, 2.45) is 0 Å². The van der Waals surface area contributed by atoms with Gasteiger partial charge in [0.05, 0.1) is 18.5 Å². The van der Waals surface area contributed by atoms with Gasteiger partial charge in [0.25, 0.3) is 5.91 Å². The van der Waals surface area contributed by atoms with E-state index in [0.717, 1.165) is 16.9 Å². The van der Waals surface area contributed by atoms with E-state index in [-0.39, 0.29) is 11.6 Å². The Morgan fingerprint density at radius 2 is 1.88 bits per heavy atom. The maximum Gasteiger partial charge on any atom is 0.272 e. The summed E-state index contributed by atoms with van der Waals surface area (Å²) in [5, 5.41) is 2.85. The highest BCUT2D eigenvalue weighted by molar-refractivity contribution is 5.97. The maximum absolute atomic E-state index is 12.5. The van der Waals surface area contributed by atoms with Gasteiger partial charge in [-0.2, -0.15) is 0 Å². The van der Waals surface area contributed by atoms with E-state index in [1.165, 1.54) is 0 Å². The molecule has 3 aromatic rings. The number of hydrogen-bond acceptors (Lipinski definition) is 4. The molecule has 0 spiro atoms. The van der Waals surface area contributed by atoms with Gasteiger partial charge in [-0.15, -0.1) is 0 Å². The number of nitrogens with one attached hydrogen (secondary N) is 1. The largest absolute Gasteiger partial charge is 0.497 e. The van der Waals surface area contributed by atoms with Gasteiger partial charge in [0.1, 0.15) is 5.75 Å². The summed E-state index contributed by atoms with van der Waals surface area (Å²) >= 11 is 0. The van der Waals surface area contributed by atoms with Gasteiger partial charge in [0, 0.05) is 12.1 Å². The molecule has 0 bridgehead atoms. The SMILES string of the molecule is COc1cccc(-c2ccc(N)c(C(=O)NCc3ccccc3)n2)c1. The Labute approximate surface area is 146 Å². The van der Waals surface area contributed by atoms with Crippen molar-refractivity contribution in [3.05, 3.63) is 78.0 Å². The number of carbonyl (C=O) groups excluding carboxylic acids is 1. The van der Waals surface area contributed by atoms with Gasteiger partial charge in [-0.3, -0.25) is 4.79 Å². The average Bonchev–Trinajstić information content (AvgIpc) is 2.67. The number of rotatable bonds is 5. The predicted octanol–water partition coefficient (Wildman–Crippen LogP) is 3.27. The summed E-state index contributed by atoms with van der Waals surface area (Å²) in [6.07, 6.45) is 0. The molecule has 0 atom stereocenters. The van der Waals surface area contributed by atoms with E-state index in [1.807, 2.05) is 54.6 Å². The second-order valence-corrected chi connectivity index (χ2v) is 5.53. The minimum absolute atomic E-state index is 0.219. The molecule has 1 heterocycles. The molecular weight excluding hydrogens is 314 g/mol. The highest BCUT2D eigenvalue weighted by atomic mass is 16.5. The molecule has 25 heavy (non-hydrogen) atoms. The Morgan fingerprint density at radius 1 is 1.08 bits per heavy atom. The monoisotopic (exact) mass is 333 g/mol. The highest BCUT2D eigenvalue weighted by Gasteiger charge is 2.13. The van der Waals surface area contributed by atoms with Crippen LogP contribution in [0.2, 0.25) is 0 Å². The summed E-state index contributed by atoms with van der Waals surface area (Å²) in [6, 6.07) is 20.7. The first-order valence-electron chi connectivity index (χ1n) is 7.90. The summed E-state index contributed by atoms with van der Waals surface area (Å²) in [4.78, 5) is 16.9. The first-order valence-corrected chi connectivity index (χ1v) is 7.90. The number of nitrogens with two attached hydrogens (primary N) is 1. The molecule has 0 radical (unpaired) electrons. The zero-order chi connectivity index (χ0) is 17.6. The Morgan fingerprint density at radius 3 is 2.64 bits per heavy atom. The van der Waals surface area contributed by atoms with Crippen LogP contribution in [0.25, 0.3) is 11.3 Å². The van der Waals surface area contributed by atoms with Crippen LogP contribution in [0.3, 0.4) is 0 Å². The zero-order valence-corrected chi connectivity index (χ0v) is 13.9. The van der Waals surface area contributed by atoms with Crippen molar-refractivity contribution >= 4 is 11.6 Å². The second kappa shape index (κ2) is 7.49. The summed E-state index contributed by atoms with van der Waals surface area (Å²) in [5.74, 6) is 0.428. The molecule has 2 aromatic carbocycles. The van der Waals surface area contributed by atoms with Crippen molar-refractivity contribution in [3.8, 4) is 17.0 Å². The van der Waals surface area contributed by atoms with Crippen LogP contribution < -0.4 is 15.8 Å². The number of hydrogen-bond donors (Lipinski definition) is 2. The molecule has 5 nitrogen and oxygen atoms in total. The summed E-state index contributed by atoms with van der Waals surface area (Å²) in [7, 11) is 1.61. The number of aromatic nitrogens is 1. The first kappa shape index (κ1) is 16.5. The molecular formula is C20H19N3O2. The van der Waals surface area contributed by atoms with Crippen LogP contribution in [0, 0.1) is 0 Å². The molecule has 3 N–H and O–H groups in total. The van der Waals surface area contributed by atoms with Crippen molar-refractivity contribution in [2.45, 2.75) is 6.54 Å². The van der Waals surface area contributed by atoms with E-state index < -0.39 is 0 Å². The fraction of sp³-hybridized carbons (Fsp3) is 0.100. The number of amides is 1. The van der Waals surface area contributed by atoms with Crippen molar-refractivity contribution in [1.82, 2.24) is 10.3 Å². The van der Waals surface area contributed by atoms with Crippen LogP contribution in [-0.2, 0) is 6.54 Å². The standard InChI is InChI=1S/C20H19N3O2/c1-25-16-9-5-8-15(12-16)18-11-10-17(21)19(23-18)20(24)22-13-14-6-3-2-4-7-14/h2-12H,13,21H2,1H3,(H,22,24). The average molecular weight is 333 g/mol. The summed E-state index contributed by atoms with van der Waals surface area (Å²) in [5.41, 5.74) is 9.04. The Bertz CT molecular complexity index is 879. The molecule has 1 aromatic heterocycles. The number of methoxy groups -OCH3 is 1. The topological polar surface area (TPSA) is 77.2 Å². The molecule has 0 aliphatic carbocycles. The van der Waals surface area contributed by atoms with Crippen LogP contribution in [0.4, 0.5) is 5.69 Å². The first-order chi connectivity index (χ1) is 12.2. The maximum atomic E-state index is 12.5. The Hall–Kier alpha value is -3.34. The van der Waals surface area contributed by atoms with Gasteiger partial charge in [0.2, 0.25) is 0 Å². The van der Waals surface area contributed by atoms with E-state index in [4.69, 9.17) is 10.5 Å². The van der Waals surface area contributed by atoms with E-state index in [1.54, 1.807) is 19.2 Å². The zero-order valence-electron chi connectivity index (χ0n) is 13.9. The smallest absolute Gasteiger partial charge is 0.272 e. The Kier molecular flexibility index (Phi) is 4.95. The van der Waals surface area contributed by atoms with Gasteiger partial charge in [0.15, 0.2) is 5.69 Å². The molecule has 5 heteroatoms. The Balaban J connectivity index is 1.82. The molecule has 0 unspecified atom stereocenters. The van der Waals surface area contributed by atoms with Gasteiger partial charge in [-0.25, -0.2) is 4.98 Å². The minimum Gasteiger partial charge on any atom is -0.497 e. The molecule has 0 saturated heterocycles. The van der Waals surface area contributed by atoms with Crippen LogP contribution in [0.15, 0.2) is 66.7 Å². The third-order valence-electron chi connectivity index (χ3n) is 3.80. The van der Waals surface area contributed by atoms with Gasteiger partial charge in [-0.05, 0) is 29.8 Å². The fourth-order valence-electron chi connectivity index (χ4n) is 2.46. The van der Waals surface area contributed by atoms with Crippen LogP contribution in [0.1, 0.15) is 16.1 Å². The number of anilines is 1. The molecule has 0 saturated carbocycles. The summed E-state index contributed by atoms with van der Waals surface area (Å²) in [6.45, 7) is 0.421. The lowest BCUT2D eigenvalue weighted by Crippen LogP contribution is -2.25. The van der Waals surface area contributed by atoms with Crippen molar-refractivity contribution in [1.29, 1.82) is 0 Å². The number of nitrogens with zero attached hydrogens (tertiary/aromatic N) is 1. The molecule has 1 amide bonds. The van der Waals surface area contributed by atoms with E-state index in [2.05, 4.69) is 10.3 Å². The van der Waals surface area contributed by atoms with Gasteiger partial charge in [-0.1, -0.05) is 42.5 Å². The molecule has 0 fully saturated rings. The predicted molar refractivity (Wildman–Crippen MR) is 98.2 cm³/mol. The minimum atomic E-state index is -0.300. The van der Waals surface area contributed by atoms with Crippen molar-refractivity contribution in [3.63, 3.8) is 0 Å². The number of pyridine rings is 1. The number of carbonyl (C=O) groups is 1. The lowest BCUT2D eigenvalue weighted by atomic mass is 10.1. The summed E-state index contributed by atoms with van der Waals surface area (Å²) < 4.78 is 5.23. The van der Waals surface area contributed by atoms with Gasteiger partial charge >= 0.3 is 0 Å². The molecule has 126 valence electrons. The van der Waals surface area contributed by atoms with E-state index >= 15 is 0 Å². The van der Waals surface area contributed by atoms with Crippen molar-refractivity contribution in [2.75, 3.05) is 12.8 Å². The third kappa shape index (κ3) is 3.95. The fourth-order valence-corrected chi connectivity index (χ4v) is 2.46. The van der Waals surface area contributed by atoms with Gasteiger partial charge < -0.3 is 15.8 Å². The highest BCUT2D eigenvalue weighted by Crippen LogP contribution is 2.24. The number of nitrogen functional groups attached to an aromatic ring is 1. The lowest BCUT2D eigenvalue weighted by Gasteiger charge is -2.10. The molecule has 3 rings (SSSR count). The van der Waals surface area contributed by atoms with Crippen LogP contribution in [0.5, 0.6) is 5.75 Å². The lowest BCUT2D eigenvalue weighted by molar-refractivity contribution is 0.0947. The number of benzene rings is 2. The molecule has 0 aliphatic heterocycles. The number of ether oxygens (including phenoxy) is 1. The third-order valence-corrected chi connectivity index (χ3v) is 3.80. The van der Waals surface area contributed by atoms with Crippen molar-refractivity contribution < 1.29 is 9.53 Å². The normalized spacial score (nSPS) is 10.3. The molecule has 0 aliphatic rings.